The number of halogens is 1. The summed E-state index contributed by atoms with van der Waals surface area (Å²) in [7, 11) is 0. The monoisotopic (exact) mass is 236 g/mol. The van der Waals surface area contributed by atoms with E-state index in [0.29, 0.717) is 11.8 Å². The summed E-state index contributed by atoms with van der Waals surface area (Å²) in [5.74, 6) is 0.891. The van der Waals surface area contributed by atoms with Crippen molar-refractivity contribution >= 4 is 0 Å². The SMILES string of the molecule is OCCC(c1ccc(F)cc1)C1CCCCC1. The molecule has 0 spiro atoms. The number of benzene rings is 1. The van der Waals surface area contributed by atoms with E-state index in [-0.39, 0.29) is 12.4 Å². The topological polar surface area (TPSA) is 20.2 Å². The van der Waals surface area contributed by atoms with Crippen LogP contribution in [-0.2, 0) is 0 Å². The van der Waals surface area contributed by atoms with Crippen LogP contribution in [0.25, 0.3) is 0 Å². The van der Waals surface area contributed by atoms with Gasteiger partial charge in [-0.2, -0.15) is 0 Å². The lowest BCUT2D eigenvalue weighted by Crippen LogP contribution is -2.17. The van der Waals surface area contributed by atoms with Crippen molar-refractivity contribution in [3.63, 3.8) is 0 Å². The number of aliphatic hydroxyl groups excluding tert-OH is 1. The van der Waals surface area contributed by atoms with E-state index in [0.717, 1.165) is 6.42 Å². The summed E-state index contributed by atoms with van der Waals surface area (Å²) in [5, 5.41) is 9.21. The second-order valence-corrected chi connectivity index (χ2v) is 5.07. The maximum Gasteiger partial charge on any atom is 0.123 e. The molecule has 0 aliphatic heterocycles. The van der Waals surface area contributed by atoms with Crippen LogP contribution in [0.5, 0.6) is 0 Å². The van der Waals surface area contributed by atoms with E-state index in [1.54, 1.807) is 0 Å². The average Bonchev–Trinajstić information content (AvgIpc) is 2.38. The fraction of sp³-hybridized carbons (Fsp3) is 0.600. The Morgan fingerprint density at radius 3 is 2.35 bits per heavy atom. The van der Waals surface area contributed by atoms with E-state index in [1.807, 2.05) is 12.1 Å². The molecular formula is C15H21FO. The molecule has 1 aliphatic carbocycles. The standard InChI is InChI=1S/C15H21FO/c16-14-8-6-13(7-9-14)15(10-11-17)12-4-2-1-3-5-12/h6-9,12,15,17H,1-5,10-11H2. The number of rotatable bonds is 4. The molecule has 1 fully saturated rings. The summed E-state index contributed by atoms with van der Waals surface area (Å²) in [6.45, 7) is 0.221. The molecule has 0 radical (unpaired) electrons. The molecule has 94 valence electrons. The lowest BCUT2D eigenvalue weighted by atomic mass is 9.75. The quantitative estimate of drug-likeness (QED) is 0.841. The van der Waals surface area contributed by atoms with Gasteiger partial charge in [-0.3, -0.25) is 0 Å². The van der Waals surface area contributed by atoms with Gasteiger partial charge in [-0.1, -0.05) is 31.4 Å². The molecule has 1 atom stereocenters. The van der Waals surface area contributed by atoms with Crippen LogP contribution in [0.15, 0.2) is 24.3 Å². The first-order valence-corrected chi connectivity index (χ1v) is 6.67. The minimum absolute atomic E-state index is 0.180. The molecule has 1 N–H and O–H groups in total. The number of aliphatic hydroxyl groups is 1. The first-order valence-electron chi connectivity index (χ1n) is 6.67. The van der Waals surface area contributed by atoms with E-state index in [9.17, 15) is 9.50 Å². The van der Waals surface area contributed by atoms with Gasteiger partial charge in [0.25, 0.3) is 0 Å². The van der Waals surface area contributed by atoms with Crippen LogP contribution >= 0.6 is 0 Å². The van der Waals surface area contributed by atoms with Crippen LogP contribution in [-0.4, -0.2) is 11.7 Å². The normalized spacial score (nSPS) is 19.2. The lowest BCUT2D eigenvalue weighted by molar-refractivity contribution is 0.229. The molecule has 0 saturated heterocycles. The largest absolute Gasteiger partial charge is 0.396 e. The predicted octanol–water partition coefficient (Wildman–Crippen LogP) is 3.87. The van der Waals surface area contributed by atoms with Crippen LogP contribution < -0.4 is 0 Å². The highest BCUT2D eigenvalue weighted by Gasteiger charge is 2.24. The van der Waals surface area contributed by atoms with E-state index in [4.69, 9.17) is 0 Å². The second-order valence-electron chi connectivity index (χ2n) is 5.07. The highest BCUT2D eigenvalue weighted by atomic mass is 19.1. The third-order valence-corrected chi connectivity index (χ3v) is 3.96. The molecule has 0 heterocycles. The van der Waals surface area contributed by atoms with Crippen molar-refractivity contribution in [2.45, 2.75) is 44.4 Å². The van der Waals surface area contributed by atoms with Crippen molar-refractivity contribution in [3.8, 4) is 0 Å². The van der Waals surface area contributed by atoms with Gasteiger partial charge in [-0.15, -0.1) is 0 Å². The highest BCUT2D eigenvalue weighted by molar-refractivity contribution is 5.21. The molecule has 1 nitrogen and oxygen atoms in total. The summed E-state index contributed by atoms with van der Waals surface area (Å²) in [6.07, 6.45) is 7.24. The summed E-state index contributed by atoms with van der Waals surface area (Å²) in [4.78, 5) is 0. The van der Waals surface area contributed by atoms with Gasteiger partial charge in [0.15, 0.2) is 0 Å². The minimum Gasteiger partial charge on any atom is -0.396 e. The highest BCUT2D eigenvalue weighted by Crippen LogP contribution is 2.37. The van der Waals surface area contributed by atoms with Gasteiger partial charge in [0.2, 0.25) is 0 Å². The van der Waals surface area contributed by atoms with Crippen LogP contribution in [0.2, 0.25) is 0 Å². The van der Waals surface area contributed by atoms with Gasteiger partial charge in [-0.25, -0.2) is 4.39 Å². The van der Waals surface area contributed by atoms with Gasteiger partial charge in [0.1, 0.15) is 5.82 Å². The summed E-state index contributed by atoms with van der Waals surface area (Å²) in [5.41, 5.74) is 1.19. The Morgan fingerprint density at radius 1 is 1.12 bits per heavy atom. The maximum atomic E-state index is 12.9. The van der Waals surface area contributed by atoms with Crippen LogP contribution in [0.4, 0.5) is 4.39 Å². The molecule has 0 bridgehead atoms. The zero-order valence-electron chi connectivity index (χ0n) is 10.2. The first-order chi connectivity index (χ1) is 8.31. The Labute approximate surface area is 103 Å². The van der Waals surface area contributed by atoms with Crippen molar-refractivity contribution in [2.24, 2.45) is 5.92 Å². The van der Waals surface area contributed by atoms with E-state index >= 15 is 0 Å². The lowest BCUT2D eigenvalue weighted by Gasteiger charge is -2.30. The Kier molecular flexibility index (Phi) is 4.55. The van der Waals surface area contributed by atoms with Crippen molar-refractivity contribution in [1.82, 2.24) is 0 Å². The van der Waals surface area contributed by atoms with E-state index < -0.39 is 0 Å². The summed E-state index contributed by atoms with van der Waals surface area (Å²) >= 11 is 0. The zero-order chi connectivity index (χ0) is 12.1. The fourth-order valence-corrected chi connectivity index (χ4v) is 3.06. The molecule has 1 aliphatic rings. The average molecular weight is 236 g/mol. The van der Waals surface area contributed by atoms with Gasteiger partial charge < -0.3 is 5.11 Å². The van der Waals surface area contributed by atoms with Gasteiger partial charge in [0.05, 0.1) is 0 Å². The van der Waals surface area contributed by atoms with Gasteiger partial charge in [0, 0.05) is 6.61 Å². The van der Waals surface area contributed by atoms with Crippen LogP contribution in [0.1, 0.15) is 50.0 Å². The minimum atomic E-state index is -0.180. The van der Waals surface area contributed by atoms with Gasteiger partial charge >= 0.3 is 0 Å². The third kappa shape index (κ3) is 3.29. The number of hydrogen-bond donors (Lipinski definition) is 1. The van der Waals surface area contributed by atoms with Crippen molar-refractivity contribution in [1.29, 1.82) is 0 Å². The molecule has 1 aromatic carbocycles. The van der Waals surface area contributed by atoms with Crippen molar-refractivity contribution in [3.05, 3.63) is 35.6 Å². The first kappa shape index (κ1) is 12.6. The summed E-state index contributed by atoms with van der Waals surface area (Å²) < 4.78 is 12.9. The Hall–Kier alpha value is -0.890. The molecule has 2 rings (SSSR count). The molecule has 0 aromatic heterocycles. The molecule has 1 aromatic rings. The van der Waals surface area contributed by atoms with Crippen molar-refractivity contribution in [2.75, 3.05) is 6.61 Å². The molecular weight excluding hydrogens is 215 g/mol. The van der Waals surface area contributed by atoms with Crippen molar-refractivity contribution < 1.29 is 9.50 Å². The molecule has 1 unspecified atom stereocenters. The second kappa shape index (κ2) is 6.15. The van der Waals surface area contributed by atoms with E-state index in [2.05, 4.69) is 0 Å². The molecule has 17 heavy (non-hydrogen) atoms. The van der Waals surface area contributed by atoms with Crippen LogP contribution in [0, 0.1) is 11.7 Å². The predicted molar refractivity (Wildman–Crippen MR) is 67.4 cm³/mol. The Morgan fingerprint density at radius 2 is 1.76 bits per heavy atom. The fourth-order valence-electron chi connectivity index (χ4n) is 3.06. The third-order valence-electron chi connectivity index (χ3n) is 3.96. The zero-order valence-corrected chi connectivity index (χ0v) is 10.2. The Balaban J connectivity index is 2.12. The summed E-state index contributed by atoms with van der Waals surface area (Å²) in [6, 6.07) is 6.82. The van der Waals surface area contributed by atoms with E-state index in [1.165, 1.54) is 49.8 Å². The molecule has 0 amide bonds. The maximum absolute atomic E-state index is 12.9. The molecule has 1 saturated carbocycles. The van der Waals surface area contributed by atoms with Gasteiger partial charge in [-0.05, 0) is 48.8 Å². The smallest absolute Gasteiger partial charge is 0.123 e. The van der Waals surface area contributed by atoms with Crippen LogP contribution in [0.3, 0.4) is 0 Å². The Bertz CT molecular complexity index is 327. The number of hydrogen-bond acceptors (Lipinski definition) is 1. The molecule has 2 heteroatoms.